The molecule has 0 saturated heterocycles. The van der Waals surface area contributed by atoms with Gasteiger partial charge in [0.1, 0.15) is 0 Å². The van der Waals surface area contributed by atoms with Crippen LogP contribution in [0.15, 0.2) is 32.7 Å². The van der Waals surface area contributed by atoms with Crippen molar-refractivity contribution >= 4 is 23.7 Å². The van der Waals surface area contributed by atoms with E-state index in [-0.39, 0.29) is 11.3 Å². The maximum atomic E-state index is 11.0. The molecule has 7 nitrogen and oxygen atoms in total. The lowest BCUT2D eigenvalue weighted by atomic mass is 10.2. The number of benzene rings is 1. The van der Waals surface area contributed by atoms with Crippen LogP contribution in [0, 0.1) is 10.1 Å². The van der Waals surface area contributed by atoms with Gasteiger partial charge in [-0.1, -0.05) is 6.92 Å². The molecular weight excluding hydrogens is 270 g/mol. The quantitative estimate of drug-likeness (QED) is 0.471. The molecule has 0 bridgehead atoms. The molecule has 0 aliphatic carbocycles. The van der Waals surface area contributed by atoms with Crippen molar-refractivity contribution in [1.29, 1.82) is 0 Å². The third kappa shape index (κ3) is 2.97. The first-order valence-electron chi connectivity index (χ1n) is 5.38. The Bertz CT molecular complexity index is 626. The van der Waals surface area contributed by atoms with Crippen LogP contribution >= 0.6 is 11.8 Å². The highest BCUT2D eigenvalue weighted by molar-refractivity contribution is 7.99. The lowest BCUT2D eigenvalue weighted by Gasteiger charge is -2.00. The Balaban J connectivity index is 2.29. The van der Waals surface area contributed by atoms with Crippen LogP contribution < -0.4 is 0 Å². The van der Waals surface area contributed by atoms with Gasteiger partial charge in [0.2, 0.25) is 5.89 Å². The molecule has 0 unspecified atom stereocenters. The highest BCUT2D eigenvalue weighted by Crippen LogP contribution is 2.31. The summed E-state index contributed by atoms with van der Waals surface area (Å²) in [6, 6.07) is 4.03. The van der Waals surface area contributed by atoms with Crippen LogP contribution in [-0.2, 0) is 6.42 Å². The summed E-state index contributed by atoms with van der Waals surface area (Å²) in [5.41, 5.74) is 0.0849. The topological polar surface area (TPSA) is 99.1 Å². The van der Waals surface area contributed by atoms with Gasteiger partial charge in [-0.15, -0.1) is 10.2 Å². The second-order valence-electron chi connectivity index (χ2n) is 3.51. The molecule has 0 spiro atoms. The van der Waals surface area contributed by atoms with Crippen LogP contribution in [0.1, 0.15) is 23.2 Å². The number of nitro groups is 1. The van der Waals surface area contributed by atoms with E-state index >= 15 is 0 Å². The highest BCUT2D eigenvalue weighted by atomic mass is 32.2. The van der Waals surface area contributed by atoms with Gasteiger partial charge < -0.3 is 4.42 Å². The molecule has 98 valence electrons. The third-order valence-corrected chi connectivity index (χ3v) is 3.21. The number of hydrogen-bond donors (Lipinski definition) is 0. The van der Waals surface area contributed by atoms with Gasteiger partial charge in [-0.2, -0.15) is 0 Å². The van der Waals surface area contributed by atoms with E-state index in [1.165, 1.54) is 18.2 Å². The standard InChI is InChI=1S/C11H9N3O4S/c1-2-10-12-13-11(18-10)19-9-4-3-8(14(16)17)5-7(9)6-15/h3-6H,2H2,1H3. The van der Waals surface area contributed by atoms with Gasteiger partial charge in [-0.25, -0.2) is 0 Å². The first kappa shape index (κ1) is 13.2. The number of hydrogen-bond acceptors (Lipinski definition) is 7. The Morgan fingerprint density at radius 1 is 1.47 bits per heavy atom. The maximum Gasteiger partial charge on any atom is 0.281 e. The van der Waals surface area contributed by atoms with Crippen LogP contribution in [0.4, 0.5) is 5.69 Å². The van der Waals surface area contributed by atoms with Crippen molar-refractivity contribution in [1.82, 2.24) is 10.2 Å². The zero-order valence-corrected chi connectivity index (χ0v) is 10.7. The van der Waals surface area contributed by atoms with Crippen LogP contribution in [0.2, 0.25) is 0 Å². The molecule has 19 heavy (non-hydrogen) atoms. The molecular formula is C11H9N3O4S. The fourth-order valence-corrected chi connectivity index (χ4v) is 2.12. The molecule has 1 heterocycles. The number of aldehydes is 1. The fraction of sp³-hybridized carbons (Fsp3) is 0.182. The molecule has 0 fully saturated rings. The minimum Gasteiger partial charge on any atom is -0.416 e. The average molecular weight is 279 g/mol. The van der Waals surface area contributed by atoms with E-state index in [9.17, 15) is 14.9 Å². The van der Waals surface area contributed by atoms with Gasteiger partial charge in [0, 0.05) is 29.0 Å². The van der Waals surface area contributed by atoms with Gasteiger partial charge in [0.05, 0.1) is 4.92 Å². The number of carbonyl (C=O) groups excluding carboxylic acids is 1. The highest BCUT2D eigenvalue weighted by Gasteiger charge is 2.14. The Kier molecular flexibility index (Phi) is 3.91. The van der Waals surface area contributed by atoms with E-state index in [1.807, 2.05) is 6.92 Å². The first-order chi connectivity index (χ1) is 9.13. The summed E-state index contributed by atoms with van der Waals surface area (Å²) in [6.45, 7) is 1.88. The van der Waals surface area contributed by atoms with Crippen molar-refractivity contribution in [2.24, 2.45) is 0 Å². The lowest BCUT2D eigenvalue weighted by Crippen LogP contribution is -1.92. The SMILES string of the molecule is CCc1nnc(Sc2ccc([N+](=O)[O-])cc2C=O)o1. The molecule has 0 radical (unpaired) electrons. The molecule has 0 aliphatic heterocycles. The number of carbonyl (C=O) groups is 1. The Morgan fingerprint density at radius 3 is 2.84 bits per heavy atom. The van der Waals surface area contributed by atoms with E-state index < -0.39 is 4.92 Å². The van der Waals surface area contributed by atoms with Gasteiger partial charge in [-0.3, -0.25) is 14.9 Å². The van der Waals surface area contributed by atoms with Crippen LogP contribution in [0.5, 0.6) is 0 Å². The monoisotopic (exact) mass is 279 g/mol. The average Bonchev–Trinajstić information content (AvgIpc) is 2.86. The summed E-state index contributed by atoms with van der Waals surface area (Å²) in [6.07, 6.45) is 1.18. The van der Waals surface area contributed by atoms with E-state index in [2.05, 4.69) is 10.2 Å². The second-order valence-corrected chi connectivity index (χ2v) is 4.51. The van der Waals surface area contributed by atoms with Crippen LogP contribution in [-0.4, -0.2) is 21.4 Å². The summed E-state index contributed by atoms with van der Waals surface area (Å²) >= 11 is 1.10. The van der Waals surface area contributed by atoms with Crippen molar-refractivity contribution in [3.63, 3.8) is 0 Å². The number of rotatable bonds is 5. The van der Waals surface area contributed by atoms with Crippen molar-refractivity contribution in [3.05, 3.63) is 39.8 Å². The molecule has 1 aromatic heterocycles. The van der Waals surface area contributed by atoms with Crippen LogP contribution in [0.3, 0.4) is 0 Å². The summed E-state index contributed by atoms with van der Waals surface area (Å²) in [4.78, 5) is 21.6. The molecule has 0 N–H and O–H groups in total. The maximum absolute atomic E-state index is 11.0. The van der Waals surface area contributed by atoms with Crippen molar-refractivity contribution in [2.45, 2.75) is 23.5 Å². The van der Waals surface area contributed by atoms with Crippen molar-refractivity contribution in [3.8, 4) is 0 Å². The number of aryl methyl sites for hydroxylation is 1. The molecule has 0 atom stereocenters. The zero-order chi connectivity index (χ0) is 13.8. The summed E-state index contributed by atoms with van der Waals surface area (Å²) < 4.78 is 5.30. The predicted octanol–water partition coefficient (Wildman–Crippen LogP) is 2.50. The Hall–Kier alpha value is -2.22. The summed E-state index contributed by atoms with van der Waals surface area (Å²) in [7, 11) is 0. The smallest absolute Gasteiger partial charge is 0.281 e. The summed E-state index contributed by atoms with van der Waals surface area (Å²) in [5.74, 6) is 0.497. The van der Waals surface area contributed by atoms with E-state index in [1.54, 1.807) is 0 Å². The molecule has 2 rings (SSSR count). The first-order valence-corrected chi connectivity index (χ1v) is 6.19. The summed E-state index contributed by atoms with van der Waals surface area (Å²) in [5, 5.41) is 18.5. The molecule has 8 heteroatoms. The zero-order valence-electron chi connectivity index (χ0n) is 9.90. The molecule has 1 aromatic carbocycles. The van der Waals surface area contributed by atoms with E-state index in [0.29, 0.717) is 28.7 Å². The number of aromatic nitrogens is 2. The van der Waals surface area contributed by atoms with Gasteiger partial charge in [-0.05, 0) is 17.8 Å². The minimum atomic E-state index is -0.552. The van der Waals surface area contributed by atoms with Gasteiger partial charge >= 0.3 is 0 Å². The van der Waals surface area contributed by atoms with E-state index in [4.69, 9.17) is 4.42 Å². The molecule has 0 aliphatic rings. The normalized spacial score (nSPS) is 10.4. The molecule has 2 aromatic rings. The number of nitrogens with zero attached hydrogens (tertiary/aromatic N) is 3. The van der Waals surface area contributed by atoms with Crippen molar-refractivity contribution in [2.75, 3.05) is 0 Å². The van der Waals surface area contributed by atoms with Crippen LogP contribution in [0.25, 0.3) is 0 Å². The van der Waals surface area contributed by atoms with Crippen molar-refractivity contribution < 1.29 is 14.1 Å². The third-order valence-electron chi connectivity index (χ3n) is 2.28. The molecule has 0 amide bonds. The van der Waals surface area contributed by atoms with Gasteiger partial charge in [0.25, 0.3) is 10.9 Å². The van der Waals surface area contributed by atoms with E-state index in [0.717, 1.165) is 11.8 Å². The minimum absolute atomic E-state index is 0.133. The lowest BCUT2D eigenvalue weighted by molar-refractivity contribution is -0.384. The Morgan fingerprint density at radius 2 is 2.26 bits per heavy atom. The van der Waals surface area contributed by atoms with Gasteiger partial charge in [0.15, 0.2) is 6.29 Å². The number of nitro benzene ring substituents is 1. The number of non-ortho nitro benzene ring substituents is 1. The largest absolute Gasteiger partial charge is 0.416 e. The molecule has 0 saturated carbocycles. The second kappa shape index (κ2) is 5.61. The fourth-order valence-electron chi connectivity index (χ4n) is 1.35. The predicted molar refractivity (Wildman–Crippen MR) is 66.3 cm³/mol. The Labute approximate surface area is 112 Å².